The number of benzene rings is 1. The average molecular weight is 289 g/mol. The van der Waals surface area contributed by atoms with E-state index >= 15 is 0 Å². The van der Waals surface area contributed by atoms with Crippen LogP contribution in [0.15, 0.2) is 24.3 Å². The highest BCUT2D eigenvalue weighted by Crippen LogP contribution is 2.42. The lowest BCUT2D eigenvalue weighted by Gasteiger charge is -2.38. The van der Waals surface area contributed by atoms with Gasteiger partial charge in [-0.2, -0.15) is 0 Å². The van der Waals surface area contributed by atoms with Crippen LogP contribution in [-0.4, -0.2) is 13.2 Å². The standard InChI is InChI=1S/C19H31NO/c1-5-20-18(16-11-13-19(3,4)14-12-16)15-7-9-17(10-8-15)21-6-2/h7-10,16,18,20H,5-6,11-14H2,1-4H3. The van der Waals surface area contributed by atoms with Gasteiger partial charge in [-0.15, -0.1) is 0 Å². The molecular formula is C19H31NO. The van der Waals surface area contributed by atoms with Gasteiger partial charge in [-0.1, -0.05) is 32.9 Å². The topological polar surface area (TPSA) is 21.3 Å². The Kier molecular flexibility index (Phi) is 5.69. The van der Waals surface area contributed by atoms with Crippen molar-refractivity contribution in [1.29, 1.82) is 0 Å². The minimum absolute atomic E-state index is 0.488. The van der Waals surface area contributed by atoms with Gasteiger partial charge in [-0.25, -0.2) is 0 Å². The van der Waals surface area contributed by atoms with E-state index in [-0.39, 0.29) is 0 Å². The van der Waals surface area contributed by atoms with E-state index in [0.717, 1.165) is 24.8 Å². The second-order valence-electron chi connectivity index (χ2n) is 7.04. The Morgan fingerprint density at radius 2 is 1.76 bits per heavy atom. The van der Waals surface area contributed by atoms with Gasteiger partial charge in [0.1, 0.15) is 5.75 Å². The van der Waals surface area contributed by atoms with Crippen molar-refractivity contribution in [3.05, 3.63) is 29.8 Å². The smallest absolute Gasteiger partial charge is 0.119 e. The van der Waals surface area contributed by atoms with E-state index in [1.54, 1.807) is 0 Å². The Morgan fingerprint density at radius 1 is 1.14 bits per heavy atom. The van der Waals surface area contributed by atoms with Crippen LogP contribution in [0.1, 0.15) is 65.0 Å². The summed E-state index contributed by atoms with van der Waals surface area (Å²) in [5, 5.41) is 3.71. The molecule has 1 fully saturated rings. The highest BCUT2D eigenvalue weighted by Gasteiger charge is 2.31. The maximum Gasteiger partial charge on any atom is 0.119 e. The predicted octanol–water partition coefficient (Wildman–Crippen LogP) is 4.95. The van der Waals surface area contributed by atoms with Crippen LogP contribution in [0, 0.1) is 11.3 Å². The van der Waals surface area contributed by atoms with Gasteiger partial charge >= 0.3 is 0 Å². The van der Waals surface area contributed by atoms with Gasteiger partial charge in [-0.05, 0) is 68.2 Å². The van der Waals surface area contributed by atoms with E-state index in [2.05, 4.69) is 50.4 Å². The Balaban J connectivity index is 2.07. The predicted molar refractivity (Wildman–Crippen MR) is 89.8 cm³/mol. The molecule has 118 valence electrons. The third-order valence-corrected chi connectivity index (χ3v) is 4.83. The van der Waals surface area contributed by atoms with Crippen molar-refractivity contribution >= 4 is 0 Å². The average Bonchev–Trinajstić information content (AvgIpc) is 2.47. The molecule has 2 rings (SSSR count). The Morgan fingerprint density at radius 3 is 2.29 bits per heavy atom. The Hall–Kier alpha value is -1.02. The summed E-state index contributed by atoms with van der Waals surface area (Å²) in [6.07, 6.45) is 5.35. The molecule has 1 unspecified atom stereocenters. The lowest BCUT2D eigenvalue weighted by Crippen LogP contribution is -2.32. The maximum atomic E-state index is 5.55. The number of ether oxygens (including phenoxy) is 1. The Labute approximate surface area is 130 Å². The number of hydrogen-bond acceptors (Lipinski definition) is 2. The third kappa shape index (κ3) is 4.47. The van der Waals surface area contributed by atoms with Crippen molar-refractivity contribution in [2.24, 2.45) is 11.3 Å². The first-order chi connectivity index (χ1) is 10.1. The van der Waals surface area contributed by atoms with Crippen molar-refractivity contribution in [3.8, 4) is 5.75 Å². The Bertz CT molecular complexity index is 414. The van der Waals surface area contributed by atoms with E-state index in [0.29, 0.717) is 11.5 Å². The molecule has 0 saturated heterocycles. The molecule has 0 spiro atoms. The molecule has 1 saturated carbocycles. The van der Waals surface area contributed by atoms with E-state index in [1.807, 2.05) is 6.92 Å². The normalized spacial score (nSPS) is 20.2. The summed E-state index contributed by atoms with van der Waals surface area (Å²) in [6, 6.07) is 9.17. The van der Waals surface area contributed by atoms with Crippen LogP contribution < -0.4 is 10.1 Å². The minimum Gasteiger partial charge on any atom is -0.494 e. The van der Waals surface area contributed by atoms with E-state index < -0.39 is 0 Å². The van der Waals surface area contributed by atoms with E-state index in [4.69, 9.17) is 4.74 Å². The van der Waals surface area contributed by atoms with Gasteiger partial charge in [0.2, 0.25) is 0 Å². The summed E-state index contributed by atoms with van der Waals surface area (Å²) in [4.78, 5) is 0. The fraction of sp³-hybridized carbons (Fsp3) is 0.684. The molecule has 0 amide bonds. The molecule has 2 heteroatoms. The minimum atomic E-state index is 0.488. The lowest BCUT2D eigenvalue weighted by molar-refractivity contribution is 0.162. The SMILES string of the molecule is CCNC(c1ccc(OCC)cc1)C1CCC(C)(C)CC1. The molecule has 1 aromatic rings. The lowest BCUT2D eigenvalue weighted by atomic mass is 9.70. The van der Waals surface area contributed by atoms with Crippen LogP contribution in [-0.2, 0) is 0 Å². The molecule has 1 aliphatic carbocycles. The van der Waals surface area contributed by atoms with Gasteiger partial charge in [0.25, 0.3) is 0 Å². The molecule has 1 aliphatic rings. The largest absolute Gasteiger partial charge is 0.494 e. The van der Waals surface area contributed by atoms with Crippen molar-refractivity contribution in [2.75, 3.05) is 13.2 Å². The van der Waals surface area contributed by atoms with E-state index in [1.165, 1.54) is 31.2 Å². The number of hydrogen-bond donors (Lipinski definition) is 1. The summed E-state index contributed by atoms with van der Waals surface area (Å²) < 4.78 is 5.55. The fourth-order valence-corrected chi connectivity index (χ4v) is 3.47. The highest BCUT2D eigenvalue weighted by molar-refractivity contribution is 5.29. The molecular weight excluding hydrogens is 258 g/mol. The first kappa shape index (κ1) is 16.4. The van der Waals surface area contributed by atoms with Gasteiger partial charge < -0.3 is 10.1 Å². The molecule has 0 aromatic heterocycles. The maximum absolute atomic E-state index is 5.55. The van der Waals surface area contributed by atoms with Gasteiger partial charge in [-0.3, -0.25) is 0 Å². The van der Waals surface area contributed by atoms with Crippen LogP contribution >= 0.6 is 0 Å². The molecule has 0 bridgehead atoms. The van der Waals surface area contributed by atoms with Gasteiger partial charge in [0.15, 0.2) is 0 Å². The molecule has 2 nitrogen and oxygen atoms in total. The second-order valence-corrected chi connectivity index (χ2v) is 7.04. The summed E-state index contributed by atoms with van der Waals surface area (Å²) in [5.74, 6) is 1.73. The van der Waals surface area contributed by atoms with Crippen LogP contribution in [0.4, 0.5) is 0 Å². The third-order valence-electron chi connectivity index (χ3n) is 4.83. The van der Waals surface area contributed by atoms with Crippen LogP contribution in [0.25, 0.3) is 0 Å². The number of rotatable bonds is 6. The summed E-state index contributed by atoms with van der Waals surface area (Å²) in [7, 11) is 0. The molecule has 0 aliphatic heterocycles. The van der Waals surface area contributed by atoms with E-state index in [9.17, 15) is 0 Å². The molecule has 21 heavy (non-hydrogen) atoms. The van der Waals surface area contributed by atoms with Gasteiger partial charge in [0.05, 0.1) is 6.61 Å². The molecule has 1 aromatic carbocycles. The first-order valence-electron chi connectivity index (χ1n) is 8.52. The molecule has 1 atom stereocenters. The van der Waals surface area contributed by atoms with Crippen LogP contribution in [0.2, 0.25) is 0 Å². The quantitative estimate of drug-likeness (QED) is 0.800. The van der Waals surface area contributed by atoms with Crippen LogP contribution in [0.3, 0.4) is 0 Å². The monoisotopic (exact) mass is 289 g/mol. The zero-order valence-electron chi connectivity index (χ0n) is 14.1. The van der Waals surface area contributed by atoms with Crippen molar-refractivity contribution in [2.45, 2.75) is 59.4 Å². The highest BCUT2D eigenvalue weighted by atomic mass is 16.5. The summed E-state index contributed by atoms with van der Waals surface area (Å²) in [5.41, 5.74) is 1.94. The molecule has 0 radical (unpaired) electrons. The van der Waals surface area contributed by atoms with Crippen LogP contribution in [0.5, 0.6) is 5.75 Å². The van der Waals surface area contributed by atoms with Gasteiger partial charge in [0, 0.05) is 6.04 Å². The van der Waals surface area contributed by atoms with Crippen molar-refractivity contribution < 1.29 is 4.74 Å². The molecule has 0 heterocycles. The molecule has 1 N–H and O–H groups in total. The summed E-state index contributed by atoms with van der Waals surface area (Å²) >= 11 is 0. The number of nitrogens with one attached hydrogen (secondary N) is 1. The first-order valence-corrected chi connectivity index (χ1v) is 8.52. The summed E-state index contributed by atoms with van der Waals surface area (Å²) in [6.45, 7) is 10.8. The zero-order chi connectivity index (χ0) is 15.3. The van der Waals surface area contributed by atoms with Crippen molar-refractivity contribution in [1.82, 2.24) is 5.32 Å². The second kappa shape index (κ2) is 7.31. The fourth-order valence-electron chi connectivity index (χ4n) is 3.47. The zero-order valence-corrected chi connectivity index (χ0v) is 14.1. The van der Waals surface area contributed by atoms with Crippen molar-refractivity contribution in [3.63, 3.8) is 0 Å².